The minimum Gasteiger partial charge on any atom is -1.00 e. The summed E-state index contributed by atoms with van der Waals surface area (Å²) >= 11 is 0. The monoisotopic (exact) mass is 323 g/mol. The first-order valence-corrected chi connectivity index (χ1v) is 6.46. The van der Waals surface area contributed by atoms with E-state index in [1.54, 1.807) is 0 Å². The molecule has 2 aromatic rings. The maximum absolute atomic E-state index is 4.65. The lowest BCUT2D eigenvalue weighted by atomic mass is 10.1. The summed E-state index contributed by atoms with van der Waals surface area (Å²) in [6.07, 6.45) is 2.06. The fraction of sp³-hybridized carbons (Fsp3) is 0.467. The van der Waals surface area contributed by atoms with Crippen LogP contribution < -0.4 is 21.5 Å². The van der Waals surface area contributed by atoms with Gasteiger partial charge in [-0.25, -0.2) is 4.57 Å². The van der Waals surface area contributed by atoms with E-state index in [0.29, 0.717) is 5.92 Å². The molecule has 0 spiro atoms. The Hall–Kier alpha value is -1.16. The number of hydrogen-bond acceptors (Lipinski definition) is 1. The second-order valence-electron chi connectivity index (χ2n) is 5.37. The average molecular weight is 324 g/mol. The second kappa shape index (κ2) is 6.33. The van der Waals surface area contributed by atoms with Gasteiger partial charge in [0.2, 0.25) is 6.33 Å². The van der Waals surface area contributed by atoms with Gasteiger partial charge in [0.05, 0.1) is 7.05 Å². The number of nitrogens with zero attached hydrogens (tertiary/aromatic N) is 3. The van der Waals surface area contributed by atoms with Crippen LogP contribution in [0.2, 0.25) is 0 Å². The fourth-order valence-electron chi connectivity index (χ4n) is 2.28. The molecule has 0 amide bonds. The maximum atomic E-state index is 4.65. The van der Waals surface area contributed by atoms with Crippen molar-refractivity contribution >= 4 is 0 Å². The van der Waals surface area contributed by atoms with E-state index < -0.39 is 0 Å². The summed E-state index contributed by atoms with van der Waals surface area (Å²) in [5.74, 6) is 1.58. The number of rotatable bonds is 3. The van der Waals surface area contributed by atoms with Crippen LogP contribution in [0.4, 0.5) is 0 Å². The average Bonchev–Trinajstić information content (AvgIpc) is 2.64. The van der Waals surface area contributed by atoms with Crippen molar-refractivity contribution < 1.29 is 21.5 Å². The quantitative estimate of drug-likeness (QED) is 0.698. The molecule has 0 bridgehead atoms. The Balaban J connectivity index is 0.00000180. The molecule has 0 aliphatic carbocycles. The zero-order valence-corrected chi connectivity index (χ0v) is 13.9. The maximum Gasteiger partial charge on any atom is 0.279 e. The Kier molecular flexibility index (Phi) is 5.29. The van der Waals surface area contributed by atoms with Gasteiger partial charge in [-0.1, -0.05) is 37.6 Å². The van der Waals surface area contributed by atoms with Gasteiger partial charge in [0.15, 0.2) is 0 Å². The van der Waals surface area contributed by atoms with Crippen LogP contribution in [0.3, 0.4) is 0 Å². The van der Waals surface area contributed by atoms with E-state index in [9.17, 15) is 0 Å². The molecule has 3 nitrogen and oxygen atoms in total. The highest BCUT2D eigenvalue weighted by molar-refractivity contribution is 5.30. The molecule has 0 radical (unpaired) electrons. The summed E-state index contributed by atoms with van der Waals surface area (Å²) in [4.78, 5) is 0. The van der Waals surface area contributed by atoms with Crippen molar-refractivity contribution in [3.63, 3.8) is 0 Å². The Morgan fingerprint density at radius 3 is 2.47 bits per heavy atom. The SMILES string of the molecule is Cc1ccc(Cn2c[n+](C)c(C(C)C)n2)c(C)c1.[Br-]. The van der Waals surface area contributed by atoms with Gasteiger partial charge in [0.1, 0.15) is 6.54 Å². The van der Waals surface area contributed by atoms with Crippen LogP contribution >= 0.6 is 0 Å². The highest BCUT2D eigenvalue weighted by Gasteiger charge is 2.17. The lowest BCUT2D eigenvalue weighted by Gasteiger charge is -2.03. The first-order chi connectivity index (χ1) is 8.47. The van der Waals surface area contributed by atoms with Gasteiger partial charge >= 0.3 is 0 Å². The smallest absolute Gasteiger partial charge is 0.279 e. The zero-order chi connectivity index (χ0) is 13.3. The van der Waals surface area contributed by atoms with E-state index in [0.717, 1.165) is 12.4 Å². The molecule has 2 rings (SSSR count). The lowest BCUT2D eigenvalue weighted by Crippen LogP contribution is -3.00. The molecule has 104 valence electrons. The van der Waals surface area contributed by atoms with Gasteiger partial charge in [-0.3, -0.25) is 0 Å². The van der Waals surface area contributed by atoms with Crippen LogP contribution in [0.1, 0.15) is 42.3 Å². The Labute approximate surface area is 126 Å². The largest absolute Gasteiger partial charge is 1.00 e. The molecular formula is C15H22BrN3. The van der Waals surface area contributed by atoms with Crippen molar-refractivity contribution in [2.75, 3.05) is 0 Å². The standard InChI is InChI=1S/C15H22N3.BrH/c1-11(2)15-16-18(10-17(15)5)9-14-7-6-12(3)8-13(14)4;/h6-8,10-11H,9H2,1-5H3;1H/q+1;/p-1. The van der Waals surface area contributed by atoms with Crippen LogP contribution in [-0.4, -0.2) is 9.78 Å². The molecule has 0 saturated heterocycles. The lowest BCUT2D eigenvalue weighted by molar-refractivity contribution is -0.681. The Morgan fingerprint density at radius 2 is 1.95 bits per heavy atom. The van der Waals surface area contributed by atoms with Crippen LogP contribution in [0.25, 0.3) is 0 Å². The summed E-state index contributed by atoms with van der Waals surface area (Å²) in [6.45, 7) is 9.47. The molecule has 1 aromatic heterocycles. The summed E-state index contributed by atoms with van der Waals surface area (Å²) in [5.41, 5.74) is 3.98. The van der Waals surface area contributed by atoms with E-state index >= 15 is 0 Å². The van der Waals surface area contributed by atoms with Gasteiger partial charge in [0.25, 0.3) is 5.82 Å². The van der Waals surface area contributed by atoms with Crippen molar-refractivity contribution in [2.45, 2.75) is 40.2 Å². The number of aryl methyl sites for hydroxylation is 3. The zero-order valence-electron chi connectivity index (χ0n) is 12.3. The van der Waals surface area contributed by atoms with E-state index in [1.807, 2.05) is 4.68 Å². The predicted molar refractivity (Wildman–Crippen MR) is 72.5 cm³/mol. The minimum atomic E-state index is 0. The number of hydrogen-bond donors (Lipinski definition) is 0. The van der Waals surface area contributed by atoms with Crippen molar-refractivity contribution in [3.05, 3.63) is 47.0 Å². The van der Waals surface area contributed by atoms with Gasteiger partial charge < -0.3 is 17.0 Å². The molecule has 0 fully saturated rings. The third kappa shape index (κ3) is 3.66. The summed E-state index contributed by atoms with van der Waals surface area (Å²) in [5, 5.41) is 4.65. The number of halogens is 1. The Morgan fingerprint density at radius 1 is 1.26 bits per heavy atom. The van der Waals surface area contributed by atoms with Crippen LogP contribution in [0.5, 0.6) is 0 Å². The number of aromatic nitrogens is 3. The summed E-state index contributed by atoms with van der Waals surface area (Å²) in [6, 6.07) is 6.58. The van der Waals surface area contributed by atoms with Crippen LogP contribution in [0.15, 0.2) is 24.5 Å². The molecule has 0 atom stereocenters. The fourth-order valence-corrected chi connectivity index (χ4v) is 2.28. The second-order valence-corrected chi connectivity index (χ2v) is 5.37. The van der Waals surface area contributed by atoms with E-state index in [-0.39, 0.29) is 17.0 Å². The van der Waals surface area contributed by atoms with E-state index in [2.05, 4.69) is 68.9 Å². The van der Waals surface area contributed by atoms with Crippen LogP contribution in [-0.2, 0) is 13.6 Å². The van der Waals surface area contributed by atoms with E-state index in [1.165, 1.54) is 16.7 Å². The Bertz CT molecular complexity index is 559. The minimum absolute atomic E-state index is 0. The third-order valence-corrected chi connectivity index (χ3v) is 3.25. The van der Waals surface area contributed by atoms with Gasteiger partial charge in [-0.15, -0.1) is 4.68 Å². The molecule has 4 heteroatoms. The molecule has 19 heavy (non-hydrogen) atoms. The highest BCUT2D eigenvalue weighted by Crippen LogP contribution is 2.12. The van der Waals surface area contributed by atoms with E-state index in [4.69, 9.17) is 0 Å². The van der Waals surface area contributed by atoms with Crippen molar-refractivity contribution in [1.82, 2.24) is 9.78 Å². The van der Waals surface area contributed by atoms with Crippen LogP contribution in [0, 0.1) is 13.8 Å². The van der Waals surface area contributed by atoms with Gasteiger partial charge in [0, 0.05) is 11.0 Å². The molecule has 1 aromatic carbocycles. The highest BCUT2D eigenvalue weighted by atomic mass is 79.9. The number of benzene rings is 1. The normalized spacial score (nSPS) is 10.6. The molecule has 0 aliphatic rings. The third-order valence-electron chi connectivity index (χ3n) is 3.25. The predicted octanol–water partition coefficient (Wildman–Crippen LogP) is -0.500. The van der Waals surface area contributed by atoms with Crippen molar-refractivity contribution in [3.8, 4) is 0 Å². The van der Waals surface area contributed by atoms with Crippen molar-refractivity contribution in [2.24, 2.45) is 7.05 Å². The summed E-state index contributed by atoms with van der Waals surface area (Å²) < 4.78 is 4.13. The molecule has 0 saturated carbocycles. The van der Waals surface area contributed by atoms with Gasteiger partial charge in [-0.2, -0.15) is 0 Å². The first kappa shape index (κ1) is 15.9. The summed E-state index contributed by atoms with van der Waals surface area (Å²) in [7, 11) is 2.06. The van der Waals surface area contributed by atoms with Crippen molar-refractivity contribution in [1.29, 1.82) is 0 Å². The molecule has 1 heterocycles. The molecular weight excluding hydrogens is 302 g/mol. The molecule has 0 aliphatic heterocycles. The van der Waals surface area contributed by atoms with Gasteiger partial charge in [-0.05, 0) is 25.0 Å². The molecule has 0 unspecified atom stereocenters. The topological polar surface area (TPSA) is 21.7 Å². The molecule has 0 N–H and O–H groups in total. The first-order valence-electron chi connectivity index (χ1n) is 6.46.